The minimum absolute atomic E-state index is 0.442. The van der Waals surface area contributed by atoms with Gasteiger partial charge < -0.3 is 19.9 Å². The standard InChI is InChI=1S/C13H13N3O2/c1-8-5-6-9(17-8)7-15-13-16-12-10(14)3-2-4-11(12)18-13/h2-6H,7,14H2,1H3,(H,15,16). The number of nitrogens with two attached hydrogens (primary N) is 1. The molecule has 0 aliphatic rings. The van der Waals surface area contributed by atoms with Gasteiger partial charge in [0.15, 0.2) is 5.58 Å². The van der Waals surface area contributed by atoms with Crippen molar-refractivity contribution in [2.75, 3.05) is 11.1 Å². The maximum atomic E-state index is 5.81. The van der Waals surface area contributed by atoms with E-state index in [4.69, 9.17) is 14.6 Å². The van der Waals surface area contributed by atoms with Crippen LogP contribution >= 0.6 is 0 Å². The Bertz CT molecular complexity index is 684. The number of fused-ring (bicyclic) bond motifs is 1. The van der Waals surface area contributed by atoms with Gasteiger partial charge >= 0.3 is 0 Å². The number of aryl methyl sites for hydroxylation is 1. The fraction of sp³-hybridized carbons (Fsp3) is 0.154. The van der Waals surface area contributed by atoms with E-state index >= 15 is 0 Å². The number of benzene rings is 1. The molecule has 0 aliphatic carbocycles. The van der Waals surface area contributed by atoms with Crippen LogP contribution in [0.25, 0.3) is 11.1 Å². The van der Waals surface area contributed by atoms with Crippen molar-refractivity contribution in [1.82, 2.24) is 4.98 Å². The average molecular weight is 243 g/mol. The molecule has 1 aromatic carbocycles. The molecular formula is C13H13N3O2. The van der Waals surface area contributed by atoms with Gasteiger partial charge in [-0.25, -0.2) is 0 Å². The number of rotatable bonds is 3. The fourth-order valence-electron chi connectivity index (χ4n) is 1.79. The zero-order chi connectivity index (χ0) is 12.5. The second kappa shape index (κ2) is 4.10. The van der Waals surface area contributed by atoms with E-state index < -0.39 is 0 Å². The van der Waals surface area contributed by atoms with Crippen LogP contribution in [0.15, 0.2) is 39.2 Å². The second-order valence-electron chi connectivity index (χ2n) is 4.08. The summed E-state index contributed by atoms with van der Waals surface area (Å²) in [4.78, 5) is 4.29. The molecule has 0 unspecified atom stereocenters. The molecule has 0 bridgehead atoms. The van der Waals surface area contributed by atoms with Crippen molar-refractivity contribution < 1.29 is 8.83 Å². The number of anilines is 2. The maximum absolute atomic E-state index is 5.81. The first-order valence-corrected chi connectivity index (χ1v) is 5.66. The highest BCUT2D eigenvalue weighted by molar-refractivity contribution is 5.86. The Labute approximate surface area is 104 Å². The topological polar surface area (TPSA) is 77.2 Å². The number of oxazole rings is 1. The van der Waals surface area contributed by atoms with Crippen molar-refractivity contribution >= 4 is 22.8 Å². The molecule has 5 heteroatoms. The SMILES string of the molecule is Cc1ccc(CNc2nc3c(N)cccc3o2)o1. The van der Waals surface area contributed by atoms with Gasteiger partial charge in [-0.3, -0.25) is 0 Å². The molecule has 2 aromatic heterocycles. The summed E-state index contributed by atoms with van der Waals surface area (Å²) in [6.07, 6.45) is 0. The lowest BCUT2D eigenvalue weighted by molar-refractivity contribution is 0.487. The Morgan fingerprint density at radius 1 is 1.22 bits per heavy atom. The Balaban J connectivity index is 1.81. The molecule has 5 nitrogen and oxygen atoms in total. The smallest absolute Gasteiger partial charge is 0.296 e. The van der Waals surface area contributed by atoms with Crippen LogP contribution in [0.5, 0.6) is 0 Å². The summed E-state index contributed by atoms with van der Waals surface area (Å²) in [6, 6.07) is 9.74. The maximum Gasteiger partial charge on any atom is 0.296 e. The lowest BCUT2D eigenvalue weighted by Crippen LogP contribution is -1.97. The van der Waals surface area contributed by atoms with Crippen LogP contribution in [-0.4, -0.2) is 4.98 Å². The molecule has 0 radical (unpaired) electrons. The molecule has 0 atom stereocenters. The number of hydrogen-bond donors (Lipinski definition) is 2. The van der Waals surface area contributed by atoms with Crippen LogP contribution in [0.2, 0.25) is 0 Å². The number of hydrogen-bond acceptors (Lipinski definition) is 5. The predicted molar refractivity (Wildman–Crippen MR) is 69.2 cm³/mol. The first-order valence-electron chi connectivity index (χ1n) is 5.66. The summed E-state index contributed by atoms with van der Waals surface area (Å²) < 4.78 is 11.0. The molecule has 3 N–H and O–H groups in total. The number of nitrogens with zero attached hydrogens (tertiary/aromatic N) is 1. The molecule has 3 rings (SSSR count). The third-order valence-electron chi connectivity index (χ3n) is 2.66. The highest BCUT2D eigenvalue weighted by atomic mass is 16.4. The van der Waals surface area contributed by atoms with Crippen LogP contribution < -0.4 is 11.1 Å². The summed E-state index contributed by atoms with van der Waals surface area (Å²) in [5.74, 6) is 1.72. The van der Waals surface area contributed by atoms with E-state index in [-0.39, 0.29) is 0 Å². The third-order valence-corrected chi connectivity index (χ3v) is 2.66. The molecule has 0 saturated heterocycles. The van der Waals surface area contributed by atoms with E-state index in [0.717, 1.165) is 11.5 Å². The van der Waals surface area contributed by atoms with Crippen molar-refractivity contribution in [1.29, 1.82) is 0 Å². The van der Waals surface area contributed by atoms with Gasteiger partial charge in [-0.15, -0.1) is 0 Å². The van der Waals surface area contributed by atoms with Crippen LogP contribution in [-0.2, 0) is 6.54 Å². The van der Waals surface area contributed by atoms with Gasteiger partial charge in [0.25, 0.3) is 6.01 Å². The number of para-hydroxylation sites is 1. The summed E-state index contributed by atoms with van der Waals surface area (Å²) in [7, 11) is 0. The van der Waals surface area contributed by atoms with Crippen molar-refractivity contribution in [3.05, 3.63) is 41.9 Å². The quantitative estimate of drug-likeness (QED) is 0.691. The van der Waals surface area contributed by atoms with Crippen LogP contribution in [0, 0.1) is 6.92 Å². The van der Waals surface area contributed by atoms with E-state index in [1.54, 1.807) is 6.07 Å². The summed E-state index contributed by atoms with van der Waals surface area (Å²) >= 11 is 0. The number of aromatic nitrogens is 1. The van der Waals surface area contributed by atoms with Gasteiger partial charge in [-0.1, -0.05) is 6.07 Å². The third kappa shape index (κ3) is 1.90. The summed E-state index contributed by atoms with van der Waals surface area (Å²) in [5.41, 5.74) is 7.77. The number of furan rings is 1. The van der Waals surface area contributed by atoms with E-state index in [0.29, 0.717) is 29.3 Å². The van der Waals surface area contributed by atoms with Gasteiger partial charge in [0.2, 0.25) is 0 Å². The van der Waals surface area contributed by atoms with Crippen molar-refractivity contribution in [2.45, 2.75) is 13.5 Å². The van der Waals surface area contributed by atoms with Crippen LogP contribution in [0.1, 0.15) is 11.5 Å². The lowest BCUT2D eigenvalue weighted by atomic mass is 10.3. The first-order chi connectivity index (χ1) is 8.72. The van der Waals surface area contributed by atoms with Crippen molar-refractivity contribution in [3.8, 4) is 0 Å². The highest BCUT2D eigenvalue weighted by Gasteiger charge is 2.08. The number of nitrogen functional groups attached to an aromatic ring is 1. The second-order valence-corrected chi connectivity index (χ2v) is 4.08. The zero-order valence-corrected chi connectivity index (χ0v) is 9.93. The molecule has 0 saturated carbocycles. The highest BCUT2D eigenvalue weighted by Crippen LogP contribution is 2.23. The Morgan fingerprint density at radius 3 is 2.83 bits per heavy atom. The van der Waals surface area contributed by atoms with Gasteiger partial charge in [0, 0.05) is 0 Å². The molecule has 2 heterocycles. The predicted octanol–water partition coefficient (Wildman–Crippen LogP) is 2.92. The van der Waals surface area contributed by atoms with Crippen molar-refractivity contribution in [3.63, 3.8) is 0 Å². The van der Waals surface area contributed by atoms with Crippen LogP contribution in [0.4, 0.5) is 11.7 Å². The minimum atomic E-state index is 0.442. The molecule has 0 spiro atoms. The van der Waals surface area contributed by atoms with E-state index in [9.17, 15) is 0 Å². The molecule has 18 heavy (non-hydrogen) atoms. The molecule has 0 fully saturated rings. The normalized spacial score (nSPS) is 10.9. The van der Waals surface area contributed by atoms with Crippen LogP contribution in [0.3, 0.4) is 0 Å². The van der Waals surface area contributed by atoms with Gasteiger partial charge in [-0.2, -0.15) is 4.98 Å². The Kier molecular flexibility index (Phi) is 2.44. The Hall–Kier alpha value is -2.43. The molecule has 92 valence electrons. The van der Waals surface area contributed by atoms with E-state index in [1.807, 2.05) is 31.2 Å². The Morgan fingerprint density at radius 2 is 2.11 bits per heavy atom. The zero-order valence-electron chi connectivity index (χ0n) is 9.93. The number of nitrogens with one attached hydrogen (secondary N) is 1. The van der Waals surface area contributed by atoms with E-state index in [2.05, 4.69) is 10.3 Å². The molecule has 0 aliphatic heterocycles. The van der Waals surface area contributed by atoms with Crippen molar-refractivity contribution in [2.24, 2.45) is 0 Å². The van der Waals surface area contributed by atoms with E-state index in [1.165, 1.54) is 0 Å². The summed E-state index contributed by atoms with van der Waals surface area (Å²) in [6.45, 7) is 2.43. The average Bonchev–Trinajstić information content (AvgIpc) is 2.93. The molecule has 3 aromatic rings. The van der Waals surface area contributed by atoms with Gasteiger partial charge in [-0.05, 0) is 31.2 Å². The largest absolute Gasteiger partial charge is 0.465 e. The van der Waals surface area contributed by atoms with Gasteiger partial charge in [0.05, 0.1) is 12.2 Å². The first kappa shape index (κ1) is 10.7. The fourth-order valence-corrected chi connectivity index (χ4v) is 1.79. The lowest BCUT2D eigenvalue weighted by Gasteiger charge is -1.97. The van der Waals surface area contributed by atoms with Gasteiger partial charge in [0.1, 0.15) is 17.0 Å². The minimum Gasteiger partial charge on any atom is -0.465 e. The molecule has 0 amide bonds. The summed E-state index contributed by atoms with van der Waals surface area (Å²) in [5, 5.41) is 3.06. The monoisotopic (exact) mass is 243 g/mol. The molecular weight excluding hydrogens is 230 g/mol.